The van der Waals surface area contributed by atoms with Crippen LogP contribution in [0.25, 0.3) is 11.3 Å². The Morgan fingerprint density at radius 1 is 0.944 bits per heavy atom. The first-order valence-electron chi connectivity index (χ1n) is 12.3. The van der Waals surface area contributed by atoms with Crippen LogP contribution >= 0.6 is 0 Å². The minimum absolute atomic E-state index is 0.488. The Morgan fingerprint density at radius 2 is 1.61 bits per heavy atom. The van der Waals surface area contributed by atoms with E-state index in [1.807, 2.05) is 41.1 Å². The van der Waals surface area contributed by atoms with Crippen molar-refractivity contribution in [2.75, 3.05) is 33.2 Å². The summed E-state index contributed by atoms with van der Waals surface area (Å²) in [6.07, 6.45) is 2.86. The van der Waals surface area contributed by atoms with Crippen LogP contribution in [0.2, 0.25) is 0 Å². The summed E-state index contributed by atoms with van der Waals surface area (Å²) in [6, 6.07) is 18.5. The molecule has 0 amide bonds. The maximum Gasteiger partial charge on any atom is 0.167 e. The summed E-state index contributed by atoms with van der Waals surface area (Å²) in [5, 5.41) is 14.0. The highest BCUT2D eigenvalue weighted by Crippen LogP contribution is 2.22. The second-order valence-corrected chi connectivity index (χ2v) is 9.38. The van der Waals surface area contributed by atoms with Gasteiger partial charge in [-0.05, 0) is 55.9 Å². The monoisotopic (exact) mass is 481 g/mol. The Labute approximate surface area is 212 Å². The zero-order valence-electron chi connectivity index (χ0n) is 20.8. The summed E-state index contributed by atoms with van der Waals surface area (Å²) in [5.41, 5.74) is 4.99. The molecule has 1 aliphatic heterocycles. The molecule has 0 aliphatic carbocycles. The summed E-state index contributed by atoms with van der Waals surface area (Å²) < 4.78 is 7.42. The average Bonchev–Trinajstić information content (AvgIpc) is 3.56. The maximum atomic E-state index is 9.84. The van der Waals surface area contributed by atoms with E-state index in [4.69, 9.17) is 4.52 Å². The van der Waals surface area contributed by atoms with Crippen LogP contribution in [-0.4, -0.2) is 62.8 Å². The quantitative estimate of drug-likeness (QED) is 0.423. The zero-order chi connectivity index (χ0) is 24.9. The van der Waals surface area contributed by atoms with Gasteiger partial charge in [-0.25, -0.2) is 4.98 Å². The lowest BCUT2D eigenvalue weighted by atomic mass is 10.1. The molecule has 2 aromatic heterocycles. The summed E-state index contributed by atoms with van der Waals surface area (Å²) in [7, 11) is 2.18. The lowest BCUT2D eigenvalue weighted by molar-refractivity contribution is 0.148. The molecular formula is C29H31N5O2. The number of aliphatic hydroxyl groups is 1. The van der Waals surface area contributed by atoms with Gasteiger partial charge in [0.15, 0.2) is 5.76 Å². The standard InChI is InChI=1S/C29H31N5O2/c1-22(35)29-30-13-14-34(29)21-27-19-28(36-31-27)26-11-9-24(10-12-26)4-3-23-5-7-25(8-6-23)20-33-17-15-32(2)16-18-33/h5-14,19,22,35H,15-18,20-21H2,1-2H3/t22-/m0/s1. The van der Waals surface area contributed by atoms with Gasteiger partial charge in [0, 0.05) is 67.9 Å². The Morgan fingerprint density at radius 3 is 2.28 bits per heavy atom. The van der Waals surface area contributed by atoms with E-state index in [0.717, 1.165) is 55.1 Å². The van der Waals surface area contributed by atoms with Crippen molar-refractivity contribution in [3.05, 3.63) is 95.2 Å². The summed E-state index contributed by atoms with van der Waals surface area (Å²) >= 11 is 0. The predicted molar refractivity (Wildman–Crippen MR) is 139 cm³/mol. The molecule has 184 valence electrons. The van der Waals surface area contributed by atoms with Gasteiger partial charge in [0.25, 0.3) is 0 Å². The van der Waals surface area contributed by atoms with Crippen LogP contribution < -0.4 is 0 Å². The van der Waals surface area contributed by atoms with E-state index in [1.54, 1.807) is 13.1 Å². The third-order valence-corrected chi connectivity index (χ3v) is 6.49. The predicted octanol–water partition coefficient (Wildman–Crippen LogP) is 3.79. The van der Waals surface area contributed by atoms with Crippen molar-refractivity contribution < 1.29 is 9.63 Å². The second-order valence-electron chi connectivity index (χ2n) is 9.38. The molecule has 1 aliphatic rings. The first-order valence-corrected chi connectivity index (χ1v) is 12.3. The van der Waals surface area contributed by atoms with Gasteiger partial charge in [-0.3, -0.25) is 4.90 Å². The molecule has 36 heavy (non-hydrogen) atoms. The van der Waals surface area contributed by atoms with Crippen LogP contribution in [0.3, 0.4) is 0 Å². The van der Waals surface area contributed by atoms with E-state index >= 15 is 0 Å². The number of imidazole rings is 1. The molecule has 7 heteroatoms. The Kier molecular flexibility index (Phi) is 7.28. The Balaban J connectivity index is 1.19. The maximum absolute atomic E-state index is 9.84. The van der Waals surface area contributed by atoms with Crippen molar-refractivity contribution >= 4 is 0 Å². The normalized spacial score (nSPS) is 15.4. The Hall–Kier alpha value is -3.70. The highest BCUT2D eigenvalue weighted by atomic mass is 16.5. The molecule has 1 N–H and O–H groups in total. The minimum Gasteiger partial charge on any atom is -0.385 e. The van der Waals surface area contributed by atoms with E-state index in [9.17, 15) is 5.11 Å². The number of nitrogens with zero attached hydrogens (tertiary/aromatic N) is 5. The number of hydrogen-bond acceptors (Lipinski definition) is 6. The van der Waals surface area contributed by atoms with E-state index in [1.165, 1.54) is 5.56 Å². The van der Waals surface area contributed by atoms with Crippen LogP contribution in [-0.2, 0) is 13.1 Å². The van der Waals surface area contributed by atoms with Gasteiger partial charge >= 0.3 is 0 Å². The highest BCUT2D eigenvalue weighted by Gasteiger charge is 2.14. The van der Waals surface area contributed by atoms with Crippen LogP contribution in [0.4, 0.5) is 0 Å². The van der Waals surface area contributed by atoms with Crippen molar-refractivity contribution in [1.82, 2.24) is 24.5 Å². The van der Waals surface area contributed by atoms with E-state index in [0.29, 0.717) is 18.1 Å². The highest BCUT2D eigenvalue weighted by molar-refractivity contribution is 5.59. The molecule has 1 saturated heterocycles. The molecule has 0 spiro atoms. The van der Waals surface area contributed by atoms with Crippen molar-refractivity contribution in [1.29, 1.82) is 0 Å². The lowest BCUT2D eigenvalue weighted by Crippen LogP contribution is -2.43. The molecule has 0 saturated carbocycles. The van der Waals surface area contributed by atoms with Gasteiger partial charge in [0.1, 0.15) is 17.6 Å². The van der Waals surface area contributed by atoms with Gasteiger partial charge in [-0.1, -0.05) is 29.1 Å². The van der Waals surface area contributed by atoms with Gasteiger partial charge in [-0.15, -0.1) is 0 Å². The summed E-state index contributed by atoms with van der Waals surface area (Å²) in [4.78, 5) is 9.08. The summed E-state index contributed by atoms with van der Waals surface area (Å²) in [6.45, 7) is 7.70. The van der Waals surface area contributed by atoms with Gasteiger partial charge in [0.05, 0.1) is 6.54 Å². The van der Waals surface area contributed by atoms with Gasteiger partial charge < -0.3 is 19.1 Å². The van der Waals surface area contributed by atoms with Crippen LogP contribution in [0.5, 0.6) is 0 Å². The van der Waals surface area contributed by atoms with Crippen molar-refractivity contribution in [2.24, 2.45) is 0 Å². The number of aliphatic hydroxyl groups excluding tert-OH is 1. The Bertz CT molecular complexity index is 1330. The van der Waals surface area contributed by atoms with E-state index < -0.39 is 6.10 Å². The third-order valence-electron chi connectivity index (χ3n) is 6.49. The first-order chi connectivity index (χ1) is 17.5. The van der Waals surface area contributed by atoms with E-state index in [2.05, 4.69) is 63.1 Å². The number of aromatic nitrogens is 3. The molecule has 3 heterocycles. The molecule has 0 radical (unpaired) electrons. The van der Waals surface area contributed by atoms with Crippen LogP contribution in [0.1, 0.15) is 41.2 Å². The first kappa shape index (κ1) is 24.0. The molecule has 5 rings (SSSR count). The molecule has 1 atom stereocenters. The molecule has 1 fully saturated rings. The number of rotatable bonds is 6. The zero-order valence-corrected chi connectivity index (χ0v) is 20.8. The van der Waals surface area contributed by atoms with Crippen molar-refractivity contribution in [2.45, 2.75) is 26.1 Å². The lowest BCUT2D eigenvalue weighted by Gasteiger charge is -2.32. The van der Waals surface area contributed by atoms with Crippen LogP contribution in [0, 0.1) is 11.8 Å². The van der Waals surface area contributed by atoms with Gasteiger partial charge in [0.2, 0.25) is 0 Å². The smallest absolute Gasteiger partial charge is 0.167 e. The largest absolute Gasteiger partial charge is 0.385 e. The van der Waals surface area contributed by atoms with Gasteiger partial charge in [-0.2, -0.15) is 0 Å². The second kappa shape index (κ2) is 10.9. The summed E-state index contributed by atoms with van der Waals surface area (Å²) in [5.74, 6) is 7.81. The molecule has 0 unspecified atom stereocenters. The number of hydrogen-bond donors (Lipinski definition) is 1. The molecule has 0 bridgehead atoms. The average molecular weight is 482 g/mol. The molecule has 2 aromatic carbocycles. The minimum atomic E-state index is -0.639. The molecule has 4 aromatic rings. The number of benzene rings is 2. The topological polar surface area (TPSA) is 70.6 Å². The third kappa shape index (κ3) is 5.92. The number of piperazine rings is 1. The number of likely N-dealkylation sites (N-methyl/N-ethyl adjacent to an activating group) is 1. The van der Waals surface area contributed by atoms with Crippen LogP contribution in [0.15, 0.2) is 71.5 Å². The van der Waals surface area contributed by atoms with E-state index in [-0.39, 0.29) is 0 Å². The van der Waals surface area contributed by atoms with Crippen molar-refractivity contribution in [3.8, 4) is 23.2 Å². The fraction of sp³-hybridized carbons (Fsp3) is 0.310. The van der Waals surface area contributed by atoms with Crippen molar-refractivity contribution in [3.63, 3.8) is 0 Å². The fourth-order valence-corrected chi connectivity index (χ4v) is 4.34. The molecular weight excluding hydrogens is 450 g/mol. The SMILES string of the molecule is C[C@H](O)c1nccn1Cc1cc(-c2ccc(C#Cc3ccc(CN4CCN(C)CC4)cc3)cc2)on1. The fourth-order valence-electron chi connectivity index (χ4n) is 4.34. The molecule has 7 nitrogen and oxygen atoms in total.